The Morgan fingerprint density at radius 1 is 1.38 bits per heavy atom. The molecule has 16 heavy (non-hydrogen) atoms. The van der Waals surface area contributed by atoms with Gasteiger partial charge in [0.25, 0.3) is 0 Å². The van der Waals surface area contributed by atoms with E-state index >= 15 is 0 Å². The van der Waals surface area contributed by atoms with Gasteiger partial charge in [-0.25, -0.2) is 4.39 Å². The third-order valence-electron chi connectivity index (χ3n) is 3.91. The molecule has 0 aromatic heterocycles. The van der Waals surface area contributed by atoms with Crippen molar-refractivity contribution >= 4 is 0 Å². The molecule has 0 spiro atoms. The number of alkyl halides is 1. The molecular weight excluding hydrogens is 203 g/mol. The molecule has 3 unspecified atom stereocenters. The van der Waals surface area contributed by atoms with Gasteiger partial charge < -0.3 is 11.1 Å². The van der Waals surface area contributed by atoms with Gasteiger partial charge in [0.15, 0.2) is 0 Å². The highest BCUT2D eigenvalue weighted by Crippen LogP contribution is 2.45. The fourth-order valence-corrected chi connectivity index (χ4v) is 3.09. The molecular formula is C13H17FN2. The van der Waals surface area contributed by atoms with Crippen LogP contribution in [0.15, 0.2) is 24.3 Å². The highest BCUT2D eigenvalue weighted by molar-refractivity contribution is 5.36. The zero-order chi connectivity index (χ0) is 11.2. The van der Waals surface area contributed by atoms with Crippen LogP contribution in [-0.2, 0) is 6.54 Å². The standard InChI is InChI=1S/C13H17FN2/c14-13(6-5-10(15)7-13)12-11-4-2-1-3-9(11)8-16-12/h1-4,10,12,16H,5-8,15H2. The lowest BCUT2D eigenvalue weighted by Gasteiger charge is -2.28. The average Bonchev–Trinajstić information content (AvgIpc) is 2.83. The first-order valence-corrected chi connectivity index (χ1v) is 5.95. The number of fused-ring (bicyclic) bond motifs is 1. The van der Waals surface area contributed by atoms with Crippen molar-refractivity contribution in [2.24, 2.45) is 5.73 Å². The molecule has 0 bridgehead atoms. The number of rotatable bonds is 1. The molecule has 1 saturated carbocycles. The van der Waals surface area contributed by atoms with Crippen LogP contribution in [0.25, 0.3) is 0 Å². The predicted molar refractivity (Wildman–Crippen MR) is 61.7 cm³/mol. The van der Waals surface area contributed by atoms with Crippen LogP contribution in [0.4, 0.5) is 4.39 Å². The van der Waals surface area contributed by atoms with Crippen LogP contribution in [0, 0.1) is 0 Å². The Hall–Kier alpha value is -0.930. The van der Waals surface area contributed by atoms with Crippen molar-refractivity contribution in [3.05, 3.63) is 35.4 Å². The summed E-state index contributed by atoms with van der Waals surface area (Å²) in [6, 6.07) is 7.97. The lowest BCUT2D eigenvalue weighted by atomic mass is 9.89. The molecule has 1 aromatic carbocycles. The van der Waals surface area contributed by atoms with E-state index in [2.05, 4.69) is 11.4 Å². The van der Waals surface area contributed by atoms with Gasteiger partial charge in [0.1, 0.15) is 5.67 Å². The van der Waals surface area contributed by atoms with Gasteiger partial charge in [-0.2, -0.15) is 0 Å². The van der Waals surface area contributed by atoms with Crippen molar-refractivity contribution in [1.29, 1.82) is 0 Å². The summed E-state index contributed by atoms with van der Waals surface area (Å²) in [7, 11) is 0. The van der Waals surface area contributed by atoms with Gasteiger partial charge in [-0.15, -0.1) is 0 Å². The van der Waals surface area contributed by atoms with Crippen molar-refractivity contribution in [3.8, 4) is 0 Å². The Labute approximate surface area is 95.0 Å². The summed E-state index contributed by atoms with van der Waals surface area (Å²) in [5.41, 5.74) is 7.03. The fraction of sp³-hybridized carbons (Fsp3) is 0.538. The van der Waals surface area contributed by atoms with Gasteiger partial charge in [-0.05, 0) is 30.4 Å². The van der Waals surface area contributed by atoms with Gasteiger partial charge >= 0.3 is 0 Å². The first-order chi connectivity index (χ1) is 7.69. The van der Waals surface area contributed by atoms with E-state index in [1.807, 2.05) is 18.2 Å². The summed E-state index contributed by atoms with van der Waals surface area (Å²) in [5.74, 6) is 0. The molecule has 3 atom stereocenters. The van der Waals surface area contributed by atoms with Crippen molar-refractivity contribution < 1.29 is 4.39 Å². The van der Waals surface area contributed by atoms with Gasteiger partial charge in [-0.3, -0.25) is 0 Å². The van der Waals surface area contributed by atoms with Gasteiger partial charge in [-0.1, -0.05) is 24.3 Å². The topological polar surface area (TPSA) is 38.0 Å². The largest absolute Gasteiger partial charge is 0.328 e. The molecule has 2 nitrogen and oxygen atoms in total. The zero-order valence-corrected chi connectivity index (χ0v) is 9.25. The van der Waals surface area contributed by atoms with E-state index in [0.717, 1.165) is 18.5 Å². The van der Waals surface area contributed by atoms with Crippen LogP contribution in [0.3, 0.4) is 0 Å². The maximum absolute atomic E-state index is 14.8. The van der Waals surface area contributed by atoms with Crippen molar-refractivity contribution in [1.82, 2.24) is 5.32 Å². The summed E-state index contributed by atoms with van der Waals surface area (Å²) < 4.78 is 14.8. The molecule has 1 aliphatic heterocycles. The van der Waals surface area contributed by atoms with Crippen molar-refractivity contribution in [2.75, 3.05) is 0 Å². The summed E-state index contributed by atoms with van der Waals surface area (Å²) in [4.78, 5) is 0. The van der Waals surface area contributed by atoms with Crippen LogP contribution in [0.1, 0.15) is 36.4 Å². The maximum Gasteiger partial charge on any atom is 0.131 e. The number of halogens is 1. The SMILES string of the molecule is NC1CCC(F)(C2NCc3ccccc32)C1. The third-order valence-corrected chi connectivity index (χ3v) is 3.91. The second-order valence-electron chi connectivity index (χ2n) is 5.05. The highest BCUT2D eigenvalue weighted by Gasteiger charge is 2.47. The molecule has 0 amide bonds. The zero-order valence-electron chi connectivity index (χ0n) is 9.25. The van der Waals surface area contributed by atoms with Gasteiger partial charge in [0.05, 0.1) is 6.04 Å². The third kappa shape index (κ3) is 1.46. The van der Waals surface area contributed by atoms with Crippen molar-refractivity contribution in [2.45, 2.75) is 43.6 Å². The smallest absolute Gasteiger partial charge is 0.131 e. The Bertz CT molecular complexity index is 407. The Balaban J connectivity index is 1.93. The molecule has 1 aliphatic carbocycles. The number of hydrogen-bond donors (Lipinski definition) is 2. The molecule has 2 aliphatic rings. The van der Waals surface area contributed by atoms with Crippen molar-refractivity contribution in [3.63, 3.8) is 0 Å². The van der Waals surface area contributed by atoms with Crippen LogP contribution in [-0.4, -0.2) is 11.7 Å². The Kier molecular flexibility index (Phi) is 2.26. The summed E-state index contributed by atoms with van der Waals surface area (Å²) >= 11 is 0. The summed E-state index contributed by atoms with van der Waals surface area (Å²) in [6.45, 7) is 0.780. The van der Waals surface area contributed by atoms with Gasteiger partial charge in [0, 0.05) is 12.6 Å². The van der Waals surface area contributed by atoms with Gasteiger partial charge in [0.2, 0.25) is 0 Å². The maximum atomic E-state index is 14.8. The molecule has 3 heteroatoms. The van der Waals surface area contributed by atoms with E-state index in [0.29, 0.717) is 12.8 Å². The normalized spacial score (nSPS) is 37.6. The van der Waals surface area contributed by atoms with E-state index < -0.39 is 5.67 Å². The monoisotopic (exact) mass is 220 g/mol. The fourth-order valence-electron chi connectivity index (χ4n) is 3.09. The Morgan fingerprint density at radius 3 is 2.94 bits per heavy atom. The second kappa shape index (κ2) is 3.54. The minimum Gasteiger partial charge on any atom is -0.328 e. The van der Waals surface area contributed by atoms with E-state index in [1.165, 1.54) is 5.56 Å². The Morgan fingerprint density at radius 2 is 2.19 bits per heavy atom. The van der Waals surface area contributed by atoms with Crippen LogP contribution >= 0.6 is 0 Å². The summed E-state index contributed by atoms with van der Waals surface area (Å²) in [5, 5.41) is 3.29. The van der Waals surface area contributed by atoms with E-state index in [1.54, 1.807) is 0 Å². The number of nitrogens with one attached hydrogen (secondary N) is 1. The number of nitrogens with two attached hydrogens (primary N) is 1. The van der Waals surface area contributed by atoms with Crippen LogP contribution < -0.4 is 11.1 Å². The lowest BCUT2D eigenvalue weighted by Crippen LogP contribution is -2.36. The van der Waals surface area contributed by atoms with E-state index in [9.17, 15) is 4.39 Å². The first-order valence-electron chi connectivity index (χ1n) is 5.95. The molecule has 86 valence electrons. The van der Waals surface area contributed by atoms with E-state index in [-0.39, 0.29) is 12.1 Å². The molecule has 3 rings (SSSR count). The molecule has 1 fully saturated rings. The first kappa shape index (κ1) is 10.2. The molecule has 1 aromatic rings. The number of hydrogen-bond acceptors (Lipinski definition) is 2. The minimum absolute atomic E-state index is 0.0274. The minimum atomic E-state index is -1.15. The summed E-state index contributed by atoms with van der Waals surface area (Å²) in [6.07, 6.45) is 1.87. The highest BCUT2D eigenvalue weighted by atomic mass is 19.1. The quantitative estimate of drug-likeness (QED) is 0.760. The number of benzene rings is 1. The molecule has 0 saturated heterocycles. The van der Waals surface area contributed by atoms with Crippen LogP contribution in [0.5, 0.6) is 0 Å². The second-order valence-corrected chi connectivity index (χ2v) is 5.05. The van der Waals surface area contributed by atoms with Crippen LogP contribution in [0.2, 0.25) is 0 Å². The molecule has 0 radical (unpaired) electrons. The molecule has 3 N–H and O–H groups in total. The lowest BCUT2D eigenvalue weighted by molar-refractivity contribution is 0.116. The van der Waals surface area contributed by atoms with E-state index in [4.69, 9.17) is 5.73 Å². The predicted octanol–water partition coefficient (Wildman–Crippen LogP) is 2.05. The average molecular weight is 220 g/mol. The molecule has 1 heterocycles.